The summed E-state index contributed by atoms with van der Waals surface area (Å²) in [5.41, 5.74) is -0.0254. The first-order valence-electron chi connectivity index (χ1n) is 3.72. The lowest BCUT2D eigenvalue weighted by Crippen LogP contribution is -2.01. The van der Waals surface area contributed by atoms with Gasteiger partial charge in [-0.3, -0.25) is 9.59 Å². The van der Waals surface area contributed by atoms with Crippen LogP contribution in [0.4, 0.5) is 0 Å². The number of hydrogen-bond donors (Lipinski definition) is 1. The number of benzene rings is 1. The van der Waals surface area contributed by atoms with Gasteiger partial charge in [-0.25, -0.2) is 0 Å². The average molecular weight is 215 g/mol. The van der Waals surface area contributed by atoms with Crippen LogP contribution in [0.1, 0.15) is 17.3 Å². The molecule has 1 rings (SSSR count). The molecule has 0 aliphatic rings. The number of carbonyl (C=O) groups excluding carboxylic acids is 2. The van der Waals surface area contributed by atoms with E-state index in [1.54, 1.807) is 0 Å². The molecule has 0 radical (unpaired) electrons. The third-order valence-corrected chi connectivity index (χ3v) is 1.65. The van der Waals surface area contributed by atoms with Crippen molar-refractivity contribution in [2.24, 2.45) is 0 Å². The molecule has 1 aromatic rings. The SMILES string of the molecule is CC(=O)Oc1ccc(C(=O)Cl)c(O)c1. The molecule has 0 unspecified atom stereocenters. The minimum atomic E-state index is -0.767. The van der Waals surface area contributed by atoms with Gasteiger partial charge in [0.2, 0.25) is 0 Å². The highest BCUT2D eigenvalue weighted by atomic mass is 35.5. The predicted molar refractivity (Wildman–Crippen MR) is 49.6 cm³/mol. The molecular formula is C9H7ClO4. The third-order valence-electron chi connectivity index (χ3n) is 1.44. The maximum atomic E-state index is 10.7. The predicted octanol–water partition coefficient (Wildman–Crippen LogP) is 1.70. The minimum absolute atomic E-state index is 0.0254. The molecule has 0 fully saturated rings. The number of ether oxygens (including phenoxy) is 1. The molecule has 0 saturated heterocycles. The van der Waals surface area contributed by atoms with Gasteiger partial charge in [-0.2, -0.15) is 0 Å². The number of rotatable bonds is 2. The fraction of sp³-hybridized carbons (Fsp3) is 0.111. The molecule has 0 spiro atoms. The molecule has 1 N–H and O–H groups in total. The van der Waals surface area contributed by atoms with Crippen LogP contribution in [0.3, 0.4) is 0 Å². The van der Waals surface area contributed by atoms with Gasteiger partial charge in [0.15, 0.2) is 0 Å². The molecule has 0 bridgehead atoms. The van der Waals surface area contributed by atoms with Gasteiger partial charge in [0.25, 0.3) is 5.24 Å². The van der Waals surface area contributed by atoms with Crippen LogP contribution in [0.25, 0.3) is 0 Å². The van der Waals surface area contributed by atoms with Crippen LogP contribution in [-0.4, -0.2) is 16.3 Å². The zero-order chi connectivity index (χ0) is 10.7. The molecular weight excluding hydrogens is 208 g/mol. The fourth-order valence-corrected chi connectivity index (χ4v) is 1.07. The van der Waals surface area contributed by atoms with Gasteiger partial charge in [-0.1, -0.05) is 0 Å². The standard InChI is InChI=1S/C9H7ClO4/c1-5(11)14-6-2-3-7(9(10)13)8(12)4-6/h2-4,12H,1H3. The van der Waals surface area contributed by atoms with E-state index in [0.29, 0.717) is 0 Å². The Morgan fingerprint density at radius 3 is 2.50 bits per heavy atom. The average Bonchev–Trinajstić information content (AvgIpc) is 2.01. The zero-order valence-electron chi connectivity index (χ0n) is 7.28. The summed E-state index contributed by atoms with van der Waals surface area (Å²) in [5.74, 6) is -0.658. The highest BCUT2D eigenvalue weighted by Gasteiger charge is 2.09. The molecule has 1 aromatic carbocycles. The largest absolute Gasteiger partial charge is 0.507 e. The van der Waals surface area contributed by atoms with Crippen molar-refractivity contribution in [3.05, 3.63) is 23.8 Å². The van der Waals surface area contributed by atoms with E-state index in [0.717, 1.165) is 6.07 Å². The van der Waals surface area contributed by atoms with E-state index in [2.05, 4.69) is 4.74 Å². The van der Waals surface area contributed by atoms with Crippen molar-refractivity contribution in [1.82, 2.24) is 0 Å². The van der Waals surface area contributed by atoms with Crippen molar-refractivity contribution in [3.63, 3.8) is 0 Å². The summed E-state index contributed by atoms with van der Waals surface area (Å²) in [6.45, 7) is 1.23. The van der Waals surface area contributed by atoms with Crippen molar-refractivity contribution in [3.8, 4) is 11.5 Å². The lowest BCUT2D eigenvalue weighted by molar-refractivity contribution is -0.131. The maximum Gasteiger partial charge on any atom is 0.308 e. The third kappa shape index (κ3) is 2.47. The number of carbonyl (C=O) groups is 2. The lowest BCUT2D eigenvalue weighted by atomic mass is 10.2. The molecule has 74 valence electrons. The Balaban J connectivity index is 3.00. The molecule has 5 heteroatoms. The van der Waals surface area contributed by atoms with E-state index >= 15 is 0 Å². The topological polar surface area (TPSA) is 63.6 Å². The molecule has 0 heterocycles. The highest BCUT2D eigenvalue weighted by Crippen LogP contribution is 2.24. The van der Waals surface area contributed by atoms with E-state index in [1.165, 1.54) is 19.1 Å². The molecule has 0 aromatic heterocycles. The Kier molecular flexibility index (Phi) is 3.09. The van der Waals surface area contributed by atoms with Crippen LogP contribution in [0.5, 0.6) is 11.5 Å². The van der Waals surface area contributed by atoms with Crippen molar-refractivity contribution < 1.29 is 19.4 Å². The summed E-state index contributed by atoms with van der Waals surface area (Å²) in [5, 5.41) is 8.51. The van der Waals surface area contributed by atoms with E-state index in [-0.39, 0.29) is 17.1 Å². The van der Waals surface area contributed by atoms with Gasteiger partial charge in [0, 0.05) is 13.0 Å². The summed E-state index contributed by atoms with van der Waals surface area (Å²) in [6, 6.07) is 3.80. The molecule has 0 atom stereocenters. The second kappa shape index (κ2) is 4.11. The van der Waals surface area contributed by atoms with Crippen LogP contribution >= 0.6 is 11.6 Å². The molecule has 0 aliphatic carbocycles. The Hall–Kier alpha value is -1.55. The van der Waals surface area contributed by atoms with Crippen molar-refractivity contribution in [2.45, 2.75) is 6.92 Å². The number of hydrogen-bond acceptors (Lipinski definition) is 4. The highest BCUT2D eigenvalue weighted by molar-refractivity contribution is 6.68. The summed E-state index contributed by atoms with van der Waals surface area (Å²) in [4.78, 5) is 21.2. The van der Waals surface area contributed by atoms with Gasteiger partial charge in [-0.05, 0) is 23.7 Å². The van der Waals surface area contributed by atoms with Crippen molar-refractivity contribution in [1.29, 1.82) is 0 Å². The van der Waals surface area contributed by atoms with Crippen LogP contribution in [0.2, 0.25) is 0 Å². The summed E-state index contributed by atoms with van der Waals surface area (Å²) >= 11 is 5.16. The van der Waals surface area contributed by atoms with Crippen molar-refractivity contribution >= 4 is 22.8 Å². The second-order valence-electron chi connectivity index (χ2n) is 2.55. The number of esters is 1. The Morgan fingerprint density at radius 2 is 2.07 bits per heavy atom. The molecule has 4 nitrogen and oxygen atoms in total. The van der Waals surface area contributed by atoms with Gasteiger partial charge < -0.3 is 9.84 Å². The monoisotopic (exact) mass is 214 g/mol. The Labute approximate surface area is 85.1 Å². The smallest absolute Gasteiger partial charge is 0.308 e. The second-order valence-corrected chi connectivity index (χ2v) is 2.89. The molecule has 0 aliphatic heterocycles. The first kappa shape index (κ1) is 10.5. The van der Waals surface area contributed by atoms with Gasteiger partial charge >= 0.3 is 5.97 Å². The zero-order valence-corrected chi connectivity index (χ0v) is 8.04. The summed E-state index contributed by atoms with van der Waals surface area (Å²) < 4.78 is 4.68. The van der Waals surface area contributed by atoms with E-state index < -0.39 is 11.2 Å². The van der Waals surface area contributed by atoms with Crippen molar-refractivity contribution in [2.75, 3.05) is 0 Å². The van der Waals surface area contributed by atoms with Crippen LogP contribution in [0.15, 0.2) is 18.2 Å². The van der Waals surface area contributed by atoms with Crippen LogP contribution < -0.4 is 4.74 Å². The van der Waals surface area contributed by atoms with Crippen LogP contribution in [-0.2, 0) is 4.79 Å². The number of phenolic OH excluding ortho intramolecular Hbond substituents is 1. The number of halogens is 1. The fourth-order valence-electron chi connectivity index (χ4n) is 0.907. The first-order valence-corrected chi connectivity index (χ1v) is 4.10. The Morgan fingerprint density at radius 1 is 1.43 bits per heavy atom. The first-order chi connectivity index (χ1) is 6.50. The molecule has 14 heavy (non-hydrogen) atoms. The normalized spacial score (nSPS) is 9.57. The number of phenols is 1. The van der Waals surface area contributed by atoms with Gasteiger partial charge in [0.05, 0.1) is 5.56 Å². The van der Waals surface area contributed by atoms with E-state index in [9.17, 15) is 14.7 Å². The number of aromatic hydroxyl groups is 1. The van der Waals surface area contributed by atoms with Gasteiger partial charge in [0.1, 0.15) is 11.5 Å². The maximum absolute atomic E-state index is 10.7. The van der Waals surface area contributed by atoms with E-state index in [4.69, 9.17) is 11.6 Å². The minimum Gasteiger partial charge on any atom is -0.507 e. The van der Waals surface area contributed by atoms with E-state index in [1.807, 2.05) is 0 Å². The molecule has 0 amide bonds. The molecule has 0 saturated carbocycles. The lowest BCUT2D eigenvalue weighted by Gasteiger charge is -2.03. The van der Waals surface area contributed by atoms with Gasteiger partial charge in [-0.15, -0.1) is 0 Å². The Bertz CT molecular complexity index is 386. The summed E-state index contributed by atoms with van der Waals surface area (Å²) in [7, 11) is 0. The van der Waals surface area contributed by atoms with Crippen LogP contribution in [0, 0.1) is 0 Å². The summed E-state index contributed by atoms with van der Waals surface area (Å²) in [6.07, 6.45) is 0. The quantitative estimate of drug-likeness (QED) is 0.462.